The fourth-order valence-electron chi connectivity index (χ4n) is 3.03. The predicted molar refractivity (Wildman–Crippen MR) is 108 cm³/mol. The van der Waals surface area contributed by atoms with Gasteiger partial charge in [-0.05, 0) is 49.4 Å². The van der Waals surface area contributed by atoms with Crippen LogP contribution in [0.2, 0.25) is 0 Å². The first-order valence-corrected chi connectivity index (χ1v) is 8.79. The van der Waals surface area contributed by atoms with Crippen LogP contribution in [0.4, 0.5) is 11.4 Å². The number of aromatic nitrogens is 2. The van der Waals surface area contributed by atoms with Crippen LogP contribution in [-0.2, 0) is 0 Å². The van der Waals surface area contributed by atoms with E-state index in [2.05, 4.69) is 5.10 Å². The Morgan fingerprint density at radius 3 is 2.26 bits per heavy atom. The second-order valence-corrected chi connectivity index (χ2v) is 6.28. The van der Waals surface area contributed by atoms with Crippen molar-refractivity contribution in [3.8, 4) is 5.69 Å². The van der Waals surface area contributed by atoms with Crippen molar-refractivity contribution in [1.29, 1.82) is 0 Å². The lowest BCUT2D eigenvalue weighted by Crippen LogP contribution is -2.27. The Bertz CT molecular complexity index is 1040. The average molecular weight is 353 g/mol. The molecule has 1 aromatic heterocycles. The summed E-state index contributed by atoms with van der Waals surface area (Å²) in [7, 11) is 0. The highest BCUT2D eigenvalue weighted by Gasteiger charge is 2.22. The van der Waals surface area contributed by atoms with Crippen LogP contribution in [0.5, 0.6) is 0 Å². The maximum absolute atomic E-state index is 13.5. The largest absolute Gasteiger partial charge is 0.275 e. The quantitative estimate of drug-likeness (QED) is 0.508. The molecule has 0 fully saturated rings. The van der Waals surface area contributed by atoms with E-state index in [1.165, 1.54) is 0 Å². The third-order valence-corrected chi connectivity index (χ3v) is 4.39. The van der Waals surface area contributed by atoms with Gasteiger partial charge < -0.3 is 0 Å². The van der Waals surface area contributed by atoms with Gasteiger partial charge in [-0.2, -0.15) is 5.10 Å². The Kier molecular flexibility index (Phi) is 4.54. The minimum absolute atomic E-state index is 0.0826. The highest BCUT2D eigenvalue weighted by atomic mass is 16.2. The number of carbonyl (C=O) groups is 1. The van der Waals surface area contributed by atoms with E-state index >= 15 is 0 Å². The number of anilines is 2. The summed E-state index contributed by atoms with van der Waals surface area (Å²) >= 11 is 0. The molecule has 4 rings (SSSR count). The molecule has 3 aromatic carbocycles. The van der Waals surface area contributed by atoms with Gasteiger partial charge in [-0.3, -0.25) is 9.69 Å². The summed E-state index contributed by atoms with van der Waals surface area (Å²) in [6.45, 7) is 2.01. The van der Waals surface area contributed by atoms with Gasteiger partial charge >= 0.3 is 0 Å². The summed E-state index contributed by atoms with van der Waals surface area (Å²) in [6.07, 6.45) is 3.60. The van der Waals surface area contributed by atoms with Gasteiger partial charge in [0.05, 0.1) is 11.4 Å². The van der Waals surface area contributed by atoms with Crippen molar-refractivity contribution < 1.29 is 4.79 Å². The topological polar surface area (TPSA) is 38.1 Å². The van der Waals surface area contributed by atoms with Crippen LogP contribution in [0.25, 0.3) is 5.69 Å². The SMILES string of the molecule is Cc1ccc(C(=O)N(c2ccccc2)c2ccccc2-n2cccn2)cc1. The smallest absolute Gasteiger partial charge is 0.262 e. The standard InChI is InChI=1S/C23H19N3O/c1-18-12-14-19(15-13-18)23(27)26(20-8-3-2-4-9-20)22-11-6-5-10-21(22)25-17-7-16-24-25/h2-17H,1H3. The molecular weight excluding hydrogens is 334 g/mol. The van der Waals surface area contributed by atoms with E-state index in [9.17, 15) is 4.79 Å². The molecule has 0 spiro atoms. The monoisotopic (exact) mass is 353 g/mol. The summed E-state index contributed by atoms with van der Waals surface area (Å²) in [5.74, 6) is -0.0826. The molecular formula is C23H19N3O. The number of benzene rings is 3. The van der Waals surface area contributed by atoms with Crippen molar-refractivity contribution in [2.45, 2.75) is 6.92 Å². The van der Waals surface area contributed by atoms with Crippen LogP contribution in [0.15, 0.2) is 97.3 Å². The second kappa shape index (κ2) is 7.30. The minimum atomic E-state index is -0.0826. The summed E-state index contributed by atoms with van der Waals surface area (Å²) < 4.78 is 1.77. The van der Waals surface area contributed by atoms with E-state index in [1.54, 1.807) is 15.8 Å². The van der Waals surface area contributed by atoms with Gasteiger partial charge in [0.2, 0.25) is 0 Å². The first-order chi connectivity index (χ1) is 13.2. The first-order valence-electron chi connectivity index (χ1n) is 8.79. The van der Waals surface area contributed by atoms with Crippen LogP contribution in [0.1, 0.15) is 15.9 Å². The fraction of sp³-hybridized carbons (Fsp3) is 0.0435. The molecule has 0 saturated carbocycles. The van der Waals surface area contributed by atoms with Crippen molar-refractivity contribution in [2.75, 3.05) is 4.90 Å². The summed E-state index contributed by atoms with van der Waals surface area (Å²) in [5, 5.41) is 4.35. The second-order valence-electron chi connectivity index (χ2n) is 6.28. The Morgan fingerprint density at radius 2 is 1.56 bits per heavy atom. The number of nitrogens with zero attached hydrogens (tertiary/aromatic N) is 3. The van der Waals surface area contributed by atoms with Gasteiger partial charge in [-0.15, -0.1) is 0 Å². The average Bonchev–Trinajstić information content (AvgIpc) is 3.25. The van der Waals surface area contributed by atoms with Gasteiger partial charge in [0.25, 0.3) is 5.91 Å². The van der Waals surface area contributed by atoms with Crippen molar-refractivity contribution in [2.24, 2.45) is 0 Å². The van der Waals surface area contributed by atoms with E-state index in [0.717, 1.165) is 22.6 Å². The zero-order valence-electron chi connectivity index (χ0n) is 15.0. The van der Waals surface area contributed by atoms with Crippen LogP contribution >= 0.6 is 0 Å². The lowest BCUT2D eigenvalue weighted by atomic mass is 10.1. The molecule has 4 aromatic rings. The zero-order chi connectivity index (χ0) is 18.6. The molecule has 0 saturated heterocycles. The molecule has 27 heavy (non-hydrogen) atoms. The predicted octanol–water partition coefficient (Wildman–Crippen LogP) is 5.16. The number of amides is 1. The highest BCUT2D eigenvalue weighted by Crippen LogP contribution is 2.32. The Morgan fingerprint density at radius 1 is 0.852 bits per heavy atom. The lowest BCUT2D eigenvalue weighted by Gasteiger charge is -2.25. The molecule has 132 valence electrons. The van der Waals surface area contributed by atoms with Crippen molar-refractivity contribution >= 4 is 17.3 Å². The molecule has 1 heterocycles. The molecule has 0 bridgehead atoms. The maximum Gasteiger partial charge on any atom is 0.262 e. The van der Waals surface area contributed by atoms with Gasteiger partial charge in [-0.25, -0.2) is 4.68 Å². The van der Waals surface area contributed by atoms with Crippen molar-refractivity contribution in [1.82, 2.24) is 9.78 Å². The van der Waals surface area contributed by atoms with Gasteiger partial charge in [-0.1, -0.05) is 48.0 Å². The number of hydrogen-bond acceptors (Lipinski definition) is 2. The number of hydrogen-bond donors (Lipinski definition) is 0. The number of aryl methyl sites for hydroxylation is 1. The van der Waals surface area contributed by atoms with Crippen LogP contribution in [0, 0.1) is 6.92 Å². The van der Waals surface area contributed by atoms with E-state index in [1.807, 2.05) is 98.0 Å². The molecule has 0 unspecified atom stereocenters. The Hall–Kier alpha value is -3.66. The van der Waals surface area contributed by atoms with Crippen LogP contribution < -0.4 is 4.90 Å². The third-order valence-electron chi connectivity index (χ3n) is 4.39. The van der Waals surface area contributed by atoms with E-state index in [-0.39, 0.29) is 5.91 Å². The van der Waals surface area contributed by atoms with Crippen molar-refractivity contribution in [3.05, 3.63) is 108 Å². The van der Waals surface area contributed by atoms with Gasteiger partial charge in [0, 0.05) is 23.6 Å². The highest BCUT2D eigenvalue weighted by molar-refractivity contribution is 6.11. The third kappa shape index (κ3) is 3.37. The molecule has 4 nitrogen and oxygen atoms in total. The van der Waals surface area contributed by atoms with Crippen LogP contribution in [0.3, 0.4) is 0 Å². The van der Waals surface area contributed by atoms with E-state index < -0.39 is 0 Å². The summed E-state index contributed by atoms with van der Waals surface area (Å²) in [4.78, 5) is 15.2. The maximum atomic E-state index is 13.5. The zero-order valence-corrected chi connectivity index (χ0v) is 15.0. The van der Waals surface area contributed by atoms with Gasteiger partial charge in [0.1, 0.15) is 0 Å². The summed E-state index contributed by atoms with van der Waals surface area (Å²) in [5.41, 5.74) is 4.18. The molecule has 1 amide bonds. The Balaban J connectivity index is 1.88. The molecule has 0 aliphatic carbocycles. The molecule has 0 radical (unpaired) electrons. The number of rotatable bonds is 4. The Labute approximate surface area is 158 Å². The molecule has 0 aliphatic rings. The molecule has 0 N–H and O–H groups in total. The fourth-order valence-corrected chi connectivity index (χ4v) is 3.03. The molecule has 4 heteroatoms. The number of para-hydroxylation sites is 3. The lowest BCUT2D eigenvalue weighted by molar-refractivity contribution is 0.0999. The van der Waals surface area contributed by atoms with E-state index in [4.69, 9.17) is 0 Å². The molecule has 0 aliphatic heterocycles. The van der Waals surface area contributed by atoms with Crippen molar-refractivity contribution in [3.63, 3.8) is 0 Å². The van der Waals surface area contributed by atoms with Gasteiger partial charge in [0.15, 0.2) is 0 Å². The minimum Gasteiger partial charge on any atom is -0.275 e. The first kappa shape index (κ1) is 16.8. The van der Waals surface area contributed by atoms with Crippen LogP contribution in [-0.4, -0.2) is 15.7 Å². The van der Waals surface area contributed by atoms with E-state index in [0.29, 0.717) is 5.56 Å². The summed E-state index contributed by atoms with van der Waals surface area (Å²) in [6, 6.07) is 27.0. The normalized spacial score (nSPS) is 10.6. The molecule has 0 atom stereocenters. The number of carbonyl (C=O) groups excluding carboxylic acids is 1.